The molecule has 0 atom stereocenters. The number of hydrogen-bond donors (Lipinski definition) is 2. The molecule has 86 valence electrons. The number of nitrogens with one attached hydrogen (secondary N) is 1. The summed E-state index contributed by atoms with van der Waals surface area (Å²) in [6.45, 7) is 2.78. The second-order valence-corrected chi connectivity index (χ2v) is 6.06. The largest absolute Gasteiger partial charge is 0.382 e. The maximum Gasteiger partial charge on any atom is 0.153 e. The first-order valence-corrected chi connectivity index (χ1v) is 7.46. The fourth-order valence-electron chi connectivity index (χ4n) is 1.24. The molecule has 0 fully saturated rings. The van der Waals surface area contributed by atoms with Gasteiger partial charge in [0.25, 0.3) is 0 Å². The van der Waals surface area contributed by atoms with Crippen LogP contribution in [0.4, 0.5) is 10.8 Å². The smallest absolute Gasteiger partial charge is 0.153 e. The lowest BCUT2D eigenvalue weighted by atomic mass is 10.5. The van der Waals surface area contributed by atoms with Gasteiger partial charge in [-0.3, -0.25) is 0 Å². The van der Waals surface area contributed by atoms with E-state index in [0.717, 1.165) is 21.4 Å². The van der Waals surface area contributed by atoms with Crippen LogP contribution in [-0.4, -0.2) is 15.6 Å². The van der Waals surface area contributed by atoms with Crippen LogP contribution in [-0.2, 0) is 6.54 Å². The lowest BCUT2D eigenvalue weighted by Crippen LogP contribution is -1.98. The molecule has 2 heterocycles. The first kappa shape index (κ1) is 11.7. The third-order valence-electron chi connectivity index (χ3n) is 1.95. The van der Waals surface area contributed by atoms with E-state index in [-0.39, 0.29) is 0 Å². The highest BCUT2D eigenvalue weighted by Gasteiger charge is 2.10. The van der Waals surface area contributed by atoms with Crippen LogP contribution in [0.1, 0.15) is 9.88 Å². The highest BCUT2D eigenvalue weighted by Crippen LogP contribution is 2.34. The Morgan fingerprint density at radius 3 is 3.00 bits per heavy atom. The van der Waals surface area contributed by atoms with E-state index in [4.69, 9.17) is 5.73 Å². The average Bonchev–Trinajstić information content (AvgIpc) is 2.82. The van der Waals surface area contributed by atoms with Crippen molar-refractivity contribution in [3.8, 4) is 0 Å². The Kier molecular flexibility index (Phi) is 3.67. The highest BCUT2D eigenvalue weighted by molar-refractivity contribution is 7.99. The number of hydrogen-bond acceptors (Lipinski definition) is 7. The molecule has 2 aromatic heterocycles. The Morgan fingerprint density at radius 1 is 1.56 bits per heavy atom. The van der Waals surface area contributed by atoms with Crippen LogP contribution in [0.15, 0.2) is 11.1 Å². The number of rotatable bonds is 4. The molecule has 0 aliphatic rings. The van der Waals surface area contributed by atoms with Crippen LogP contribution in [0.25, 0.3) is 0 Å². The first-order chi connectivity index (χ1) is 7.70. The molecule has 2 rings (SSSR count). The minimum absolute atomic E-state index is 0.607. The van der Waals surface area contributed by atoms with Gasteiger partial charge in [-0.05, 0) is 24.7 Å². The number of nitrogens with zero attached hydrogens (tertiary/aromatic N) is 2. The van der Waals surface area contributed by atoms with E-state index in [1.54, 1.807) is 23.1 Å². The van der Waals surface area contributed by atoms with E-state index in [2.05, 4.69) is 21.6 Å². The van der Waals surface area contributed by atoms with Crippen LogP contribution < -0.4 is 11.1 Å². The van der Waals surface area contributed by atoms with E-state index < -0.39 is 0 Å². The minimum Gasteiger partial charge on any atom is -0.382 e. The summed E-state index contributed by atoms with van der Waals surface area (Å²) in [6.07, 6.45) is 3.89. The summed E-state index contributed by atoms with van der Waals surface area (Å²) in [7, 11) is 0. The van der Waals surface area contributed by atoms with Crippen LogP contribution >= 0.6 is 34.6 Å². The SMILES string of the molecule is CSc1c(N)nsc1NCc1ncc(C)s1. The maximum absolute atomic E-state index is 5.75. The van der Waals surface area contributed by atoms with Crippen molar-refractivity contribution in [1.82, 2.24) is 9.36 Å². The quantitative estimate of drug-likeness (QED) is 0.838. The Morgan fingerprint density at radius 2 is 2.38 bits per heavy atom. The second kappa shape index (κ2) is 5.03. The molecule has 0 aromatic carbocycles. The van der Waals surface area contributed by atoms with Crippen molar-refractivity contribution < 1.29 is 0 Å². The number of aromatic nitrogens is 2. The summed E-state index contributed by atoms with van der Waals surface area (Å²) in [4.78, 5) is 6.55. The van der Waals surface area contributed by atoms with Crippen molar-refractivity contribution in [3.05, 3.63) is 16.1 Å². The molecule has 16 heavy (non-hydrogen) atoms. The Labute approximate surface area is 106 Å². The van der Waals surface area contributed by atoms with E-state index >= 15 is 0 Å². The molecule has 3 N–H and O–H groups in total. The van der Waals surface area contributed by atoms with Gasteiger partial charge in [0.05, 0.1) is 11.4 Å². The van der Waals surface area contributed by atoms with Crippen molar-refractivity contribution >= 4 is 45.5 Å². The molecule has 0 saturated heterocycles. The Hall–Kier alpha value is -0.790. The fourth-order valence-corrected chi connectivity index (χ4v) is 3.51. The van der Waals surface area contributed by atoms with Gasteiger partial charge in [0.2, 0.25) is 0 Å². The molecule has 0 spiro atoms. The minimum atomic E-state index is 0.607. The molecule has 4 nitrogen and oxygen atoms in total. The van der Waals surface area contributed by atoms with E-state index in [1.165, 1.54) is 16.4 Å². The standard InChI is InChI=1S/C9H12N4S3/c1-5-3-11-6(15-5)4-12-9-7(14-2)8(10)13-16-9/h3,12H,4H2,1-2H3,(H2,10,13). The zero-order valence-electron chi connectivity index (χ0n) is 8.98. The molecule has 0 aliphatic carbocycles. The summed E-state index contributed by atoms with van der Waals surface area (Å²) >= 11 is 4.71. The highest BCUT2D eigenvalue weighted by atomic mass is 32.2. The number of aryl methyl sites for hydroxylation is 1. The molecule has 7 heteroatoms. The zero-order chi connectivity index (χ0) is 11.5. The Balaban J connectivity index is 2.04. The molecule has 0 bridgehead atoms. The number of nitrogens with two attached hydrogens (primary N) is 1. The predicted octanol–water partition coefficient (Wildman–Crippen LogP) is 2.82. The van der Waals surface area contributed by atoms with Crippen molar-refractivity contribution in [1.29, 1.82) is 0 Å². The van der Waals surface area contributed by atoms with E-state index in [9.17, 15) is 0 Å². The molecule has 0 radical (unpaired) electrons. The summed E-state index contributed by atoms with van der Waals surface area (Å²) in [5.74, 6) is 0.607. The molecule has 0 saturated carbocycles. The van der Waals surface area contributed by atoms with E-state index in [1.807, 2.05) is 12.5 Å². The van der Waals surface area contributed by atoms with Crippen LogP contribution in [0, 0.1) is 6.92 Å². The number of anilines is 2. The van der Waals surface area contributed by atoms with Gasteiger partial charge in [-0.25, -0.2) is 4.98 Å². The lowest BCUT2D eigenvalue weighted by Gasteiger charge is -2.02. The van der Waals surface area contributed by atoms with Gasteiger partial charge in [0, 0.05) is 11.1 Å². The first-order valence-electron chi connectivity index (χ1n) is 4.65. The van der Waals surface area contributed by atoms with Crippen LogP contribution in [0.5, 0.6) is 0 Å². The molecule has 2 aromatic rings. The third kappa shape index (κ3) is 2.47. The molecule has 0 amide bonds. The molecule has 0 aliphatic heterocycles. The molecular formula is C9H12N4S3. The van der Waals surface area contributed by atoms with Gasteiger partial charge in [-0.1, -0.05) is 0 Å². The maximum atomic E-state index is 5.75. The average molecular weight is 272 g/mol. The van der Waals surface area contributed by atoms with Gasteiger partial charge in [-0.2, -0.15) is 4.37 Å². The summed E-state index contributed by atoms with van der Waals surface area (Å²) < 4.78 is 4.12. The fraction of sp³-hybridized carbons (Fsp3) is 0.333. The summed E-state index contributed by atoms with van der Waals surface area (Å²) in [5, 5.41) is 5.42. The molecular weight excluding hydrogens is 260 g/mol. The second-order valence-electron chi connectivity index (χ2n) is 3.15. The summed E-state index contributed by atoms with van der Waals surface area (Å²) in [5.41, 5.74) is 5.75. The van der Waals surface area contributed by atoms with Gasteiger partial charge < -0.3 is 11.1 Å². The van der Waals surface area contributed by atoms with Gasteiger partial charge in [0.1, 0.15) is 10.0 Å². The topological polar surface area (TPSA) is 63.8 Å². The monoisotopic (exact) mass is 272 g/mol. The van der Waals surface area contributed by atoms with Gasteiger partial charge in [-0.15, -0.1) is 23.1 Å². The van der Waals surface area contributed by atoms with Crippen LogP contribution in [0.3, 0.4) is 0 Å². The van der Waals surface area contributed by atoms with Gasteiger partial charge >= 0.3 is 0 Å². The van der Waals surface area contributed by atoms with Gasteiger partial charge in [0.15, 0.2) is 5.82 Å². The Bertz CT molecular complexity index is 477. The lowest BCUT2D eigenvalue weighted by molar-refractivity contribution is 1.10. The van der Waals surface area contributed by atoms with Crippen molar-refractivity contribution in [2.24, 2.45) is 0 Å². The van der Waals surface area contributed by atoms with Crippen molar-refractivity contribution in [2.75, 3.05) is 17.3 Å². The zero-order valence-corrected chi connectivity index (χ0v) is 11.4. The van der Waals surface area contributed by atoms with E-state index in [0.29, 0.717) is 5.82 Å². The number of thiazole rings is 1. The number of nitrogen functional groups attached to an aromatic ring is 1. The van der Waals surface area contributed by atoms with Crippen molar-refractivity contribution in [3.63, 3.8) is 0 Å². The predicted molar refractivity (Wildman–Crippen MR) is 72.5 cm³/mol. The summed E-state index contributed by atoms with van der Waals surface area (Å²) in [6, 6.07) is 0. The van der Waals surface area contributed by atoms with Crippen LogP contribution in [0.2, 0.25) is 0 Å². The normalized spacial score (nSPS) is 10.6. The molecule has 0 unspecified atom stereocenters. The number of thioether (sulfide) groups is 1. The van der Waals surface area contributed by atoms with Crippen molar-refractivity contribution in [2.45, 2.75) is 18.4 Å². The third-order valence-corrected chi connectivity index (χ3v) is 4.63.